The average Bonchev–Trinajstić information content (AvgIpc) is 2.71. The van der Waals surface area contributed by atoms with Crippen molar-refractivity contribution in [2.45, 2.75) is 46.1 Å². The van der Waals surface area contributed by atoms with Crippen molar-refractivity contribution in [3.8, 4) is 0 Å². The highest BCUT2D eigenvalue weighted by molar-refractivity contribution is 5.75. The highest BCUT2D eigenvalue weighted by atomic mass is 16.2. The number of hydrogen-bond acceptors (Lipinski definition) is 3. The van der Waals surface area contributed by atoms with E-state index in [0.717, 1.165) is 24.2 Å². The zero-order valence-corrected chi connectivity index (χ0v) is 10.2. The Kier molecular flexibility index (Phi) is 4.49. The number of hydrogen-bond donors (Lipinski definition) is 2. The van der Waals surface area contributed by atoms with E-state index in [1.165, 1.54) is 0 Å². The van der Waals surface area contributed by atoms with Crippen molar-refractivity contribution in [2.24, 2.45) is 5.84 Å². The summed E-state index contributed by atoms with van der Waals surface area (Å²) >= 11 is 0. The van der Waals surface area contributed by atoms with Gasteiger partial charge >= 0.3 is 0 Å². The van der Waals surface area contributed by atoms with Gasteiger partial charge in [-0.15, -0.1) is 0 Å². The first-order valence-electron chi connectivity index (χ1n) is 5.69. The van der Waals surface area contributed by atoms with E-state index in [2.05, 4.69) is 30.4 Å². The van der Waals surface area contributed by atoms with Crippen LogP contribution in [0.1, 0.15) is 44.6 Å². The maximum atomic E-state index is 11.2. The van der Waals surface area contributed by atoms with Gasteiger partial charge in [-0.2, -0.15) is 5.10 Å². The predicted molar refractivity (Wildman–Crippen MR) is 62.6 cm³/mol. The van der Waals surface area contributed by atoms with Crippen LogP contribution in [0, 0.1) is 0 Å². The summed E-state index contributed by atoms with van der Waals surface area (Å²) in [6.45, 7) is 6.13. The maximum Gasteiger partial charge on any atom is 0.236 e. The molecule has 1 aromatic heterocycles. The number of carbonyl (C=O) groups is 1. The molecule has 1 unspecified atom stereocenters. The van der Waals surface area contributed by atoms with Crippen molar-refractivity contribution < 1.29 is 4.79 Å². The summed E-state index contributed by atoms with van der Waals surface area (Å²) in [5.74, 6) is 4.91. The second-order valence-corrected chi connectivity index (χ2v) is 3.90. The fourth-order valence-corrected chi connectivity index (χ4v) is 1.72. The van der Waals surface area contributed by atoms with Crippen LogP contribution in [0.5, 0.6) is 0 Å². The molecule has 0 radical (unpaired) electrons. The zero-order valence-electron chi connectivity index (χ0n) is 10.2. The Morgan fingerprint density at radius 1 is 1.56 bits per heavy atom. The van der Waals surface area contributed by atoms with Gasteiger partial charge in [0.1, 0.15) is 0 Å². The molecule has 1 amide bonds. The lowest BCUT2D eigenvalue weighted by Gasteiger charge is -2.14. The van der Waals surface area contributed by atoms with Gasteiger partial charge in [-0.25, -0.2) is 5.84 Å². The van der Waals surface area contributed by atoms with Crippen molar-refractivity contribution in [3.63, 3.8) is 0 Å². The summed E-state index contributed by atoms with van der Waals surface area (Å²) in [6, 6.07) is 2.13. The van der Waals surface area contributed by atoms with Gasteiger partial charge in [0.25, 0.3) is 0 Å². The fraction of sp³-hybridized carbons (Fsp3) is 0.636. The summed E-state index contributed by atoms with van der Waals surface area (Å²) in [6.07, 6.45) is 2.19. The first-order valence-corrected chi connectivity index (χ1v) is 5.69. The molecular formula is C11H20N4O. The number of amides is 1. The number of nitrogens with two attached hydrogens (primary N) is 1. The van der Waals surface area contributed by atoms with Crippen LogP contribution in [0.3, 0.4) is 0 Å². The average molecular weight is 224 g/mol. The number of nitrogens with zero attached hydrogens (tertiary/aromatic N) is 2. The van der Waals surface area contributed by atoms with Gasteiger partial charge in [-0.05, 0) is 25.8 Å². The summed E-state index contributed by atoms with van der Waals surface area (Å²) in [5, 5.41) is 4.48. The minimum Gasteiger partial charge on any atom is -0.294 e. The van der Waals surface area contributed by atoms with E-state index in [1.54, 1.807) is 0 Å². The van der Waals surface area contributed by atoms with Gasteiger partial charge in [0.15, 0.2) is 0 Å². The highest BCUT2D eigenvalue weighted by Crippen LogP contribution is 2.15. The Balaban J connectivity index is 2.84. The Bertz CT molecular complexity index is 359. The second kappa shape index (κ2) is 5.65. The van der Waals surface area contributed by atoms with Gasteiger partial charge < -0.3 is 0 Å². The van der Waals surface area contributed by atoms with Crippen LogP contribution < -0.4 is 11.3 Å². The third-order valence-electron chi connectivity index (χ3n) is 2.65. The van der Waals surface area contributed by atoms with Crippen LogP contribution in [0.4, 0.5) is 0 Å². The third kappa shape index (κ3) is 2.82. The lowest BCUT2D eigenvalue weighted by atomic mass is 10.2. The number of aryl methyl sites for hydroxylation is 2. The summed E-state index contributed by atoms with van der Waals surface area (Å²) in [5.41, 5.74) is 4.37. The van der Waals surface area contributed by atoms with Crippen LogP contribution in [-0.2, 0) is 17.6 Å². The number of hydrazine groups is 1. The molecule has 3 N–H and O–H groups in total. The monoisotopic (exact) mass is 224 g/mol. The molecule has 0 bridgehead atoms. The van der Waals surface area contributed by atoms with Crippen molar-refractivity contribution >= 4 is 5.91 Å². The minimum atomic E-state index is -0.164. The Labute approximate surface area is 96.0 Å². The molecule has 0 fully saturated rings. The third-order valence-corrected chi connectivity index (χ3v) is 2.65. The zero-order chi connectivity index (χ0) is 12.1. The van der Waals surface area contributed by atoms with E-state index < -0.39 is 0 Å². The van der Waals surface area contributed by atoms with Crippen molar-refractivity contribution in [3.05, 3.63) is 17.5 Å². The van der Waals surface area contributed by atoms with E-state index in [1.807, 2.05) is 11.6 Å². The molecule has 5 nitrogen and oxygen atoms in total. The van der Waals surface area contributed by atoms with Crippen LogP contribution in [0.25, 0.3) is 0 Å². The molecule has 0 aromatic carbocycles. The molecule has 16 heavy (non-hydrogen) atoms. The van der Waals surface area contributed by atoms with Crippen LogP contribution in [0.2, 0.25) is 0 Å². The van der Waals surface area contributed by atoms with E-state index in [0.29, 0.717) is 6.42 Å². The molecule has 90 valence electrons. The van der Waals surface area contributed by atoms with Gasteiger partial charge in [0.05, 0.1) is 18.2 Å². The van der Waals surface area contributed by atoms with E-state index in [4.69, 9.17) is 5.84 Å². The van der Waals surface area contributed by atoms with Gasteiger partial charge in [-0.1, -0.05) is 13.8 Å². The SMILES string of the molecule is CCc1cc(CC)n(C(C)CC(=O)NN)n1. The molecule has 0 saturated heterocycles. The second-order valence-electron chi connectivity index (χ2n) is 3.90. The molecule has 1 rings (SSSR count). The van der Waals surface area contributed by atoms with E-state index >= 15 is 0 Å². The van der Waals surface area contributed by atoms with Crippen molar-refractivity contribution in [1.29, 1.82) is 0 Å². The first-order chi connectivity index (χ1) is 7.62. The molecule has 1 atom stereocenters. The number of rotatable bonds is 5. The Morgan fingerprint density at radius 3 is 2.75 bits per heavy atom. The molecule has 5 heteroatoms. The van der Waals surface area contributed by atoms with Gasteiger partial charge in [0, 0.05) is 5.69 Å². The number of nitrogens with one attached hydrogen (secondary N) is 1. The molecule has 0 aliphatic carbocycles. The lowest BCUT2D eigenvalue weighted by Crippen LogP contribution is -2.32. The topological polar surface area (TPSA) is 72.9 Å². The molecule has 0 aliphatic rings. The summed E-state index contributed by atoms with van der Waals surface area (Å²) < 4.78 is 1.92. The smallest absolute Gasteiger partial charge is 0.236 e. The standard InChI is InChI=1S/C11H20N4O/c1-4-9-7-10(5-2)15(14-9)8(3)6-11(16)13-12/h7-8H,4-6,12H2,1-3H3,(H,13,16). The highest BCUT2D eigenvalue weighted by Gasteiger charge is 2.14. The minimum absolute atomic E-state index is 0.0406. The van der Waals surface area contributed by atoms with Crippen molar-refractivity contribution in [1.82, 2.24) is 15.2 Å². The van der Waals surface area contributed by atoms with E-state index in [9.17, 15) is 4.79 Å². The quantitative estimate of drug-likeness (QED) is 0.444. The van der Waals surface area contributed by atoms with E-state index in [-0.39, 0.29) is 11.9 Å². The Morgan fingerprint density at radius 2 is 2.25 bits per heavy atom. The normalized spacial score (nSPS) is 12.5. The van der Waals surface area contributed by atoms with Crippen LogP contribution >= 0.6 is 0 Å². The summed E-state index contributed by atoms with van der Waals surface area (Å²) in [4.78, 5) is 11.2. The molecule has 0 aliphatic heterocycles. The first kappa shape index (κ1) is 12.7. The lowest BCUT2D eigenvalue weighted by molar-refractivity contribution is -0.121. The largest absolute Gasteiger partial charge is 0.294 e. The molecule has 0 saturated carbocycles. The fourth-order valence-electron chi connectivity index (χ4n) is 1.72. The summed E-state index contributed by atoms with van der Waals surface area (Å²) in [7, 11) is 0. The van der Waals surface area contributed by atoms with Crippen LogP contribution in [-0.4, -0.2) is 15.7 Å². The maximum absolute atomic E-state index is 11.2. The number of aromatic nitrogens is 2. The molecule has 0 spiro atoms. The molecular weight excluding hydrogens is 204 g/mol. The Hall–Kier alpha value is -1.36. The molecule has 1 heterocycles. The van der Waals surface area contributed by atoms with Gasteiger partial charge in [-0.3, -0.25) is 14.9 Å². The van der Waals surface area contributed by atoms with Gasteiger partial charge in [0.2, 0.25) is 5.91 Å². The predicted octanol–water partition coefficient (Wildman–Crippen LogP) is 0.949. The molecule has 1 aromatic rings. The van der Waals surface area contributed by atoms with Crippen molar-refractivity contribution in [2.75, 3.05) is 0 Å². The van der Waals surface area contributed by atoms with Crippen LogP contribution in [0.15, 0.2) is 6.07 Å². The number of carbonyl (C=O) groups excluding carboxylic acids is 1.